The Labute approximate surface area is 210 Å². The minimum absolute atomic E-state index is 0.0552. The lowest BCUT2D eigenvalue weighted by Crippen LogP contribution is -2.41. The fourth-order valence-corrected chi connectivity index (χ4v) is 3.89. The molecule has 1 saturated heterocycles. The lowest BCUT2D eigenvalue weighted by molar-refractivity contribution is -0.139. The van der Waals surface area contributed by atoms with Gasteiger partial charge < -0.3 is 24.8 Å². The molecule has 3 amide bonds. The van der Waals surface area contributed by atoms with E-state index < -0.39 is 11.8 Å². The van der Waals surface area contributed by atoms with Crippen molar-refractivity contribution in [3.05, 3.63) is 52.6 Å². The van der Waals surface area contributed by atoms with E-state index in [1.807, 2.05) is 32.9 Å². The summed E-state index contributed by atoms with van der Waals surface area (Å²) in [5.41, 5.74) is 6.64. The number of rotatable bonds is 9. The number of hydrazone groups is 1. The summed E-state index contributed by atoms with van der Waals surface area (Å²) in [5.74, 6) is -1.19. The van der Waals surface area contributed by atoms with Crippen LogP contribution in [0.15, 0.2) is 35.4 Å². The summed E-state index contributed by atoms with van der Waals surface area (Å²) >= 11 is 0. The number of aryl methyl sites for hydroxylation is 3. The van der Waals surface area contributed by atoms with Gasteiger partial charge in [-0.25, -0.2) is 5.43 Å². The van der Waals surface area contributed by atoms with Crippen LogP contribution >= 0.6 is 0 Å². The zero-order valence-corrected chi connectivity index (χ0v) is 21.0. The van der Waals surface area contributed by atoms with Crippen molar-refractivity contribution in [1.29, 1.82) is 0 Å². The lowest BCUT2D eigenvalue weighted by Gasteiger charge is -2.14. The molecule has 2 aromatic carbocycles. The fourth-order valence-electron chi connectivity index (χ4n) is 3.89. The molecule has 0 saturated carbocycles. The fraction of sp³-hybridized carbons (Fsp3) is 0.385. The van der Waals surface area contributed by atoms with Gasteiger partial charge in [-0.1, -0.05) is 17.7 Å². The van der Waals surface area contributed by atoms with Crippen molar-refractivity contribution >= 4 is 29.6 Å². The van der Waals surface area contributed by atoms with E-state index >= 15 is 0 Å². The molecule has 1 aliphatic heterocycles. The van der Waals surface area contributed by atoms with E-state index in [0.717, 1.165) is 35.2 Å². The summed E-state index contributed by atoms with van der Waals surface area (Å²) in [5, 5.41) is 9.23. The molecular weight excluding hydrogens is 464 g/mol. The Morgan fingerprint density at radius 2 is 1.83 bits per heavy atom. The zero-order valence-electron chi connectivity index (χ0n) is 21.0. The summed E-state index contributed by atoms with van der Waals surface area (Å²) in [6.45, 7) is 6.66. The van der Waals surface area contributed by atoms with Gasteiger partial charge in [-0.05, 0) is 68.5 Å². The van der Waals surface area contributed by atoms with E-state index in [0.29, 0.717) is 23.7 Å². The topological polar surface area (TPSA) is 127 Å². The van der Waals surface area contributed by atoms with Gasteiger partial charge in [0.1, 0.15) is 0 Å². The van der Waals surface area contributed by atoms with Crippen LogP contribution in [-0.2, 0) is 19.1 Å². The quantitative estimate of drug-likeness (QED) is 0.278. The molecule has 10 heteroatoms. The molecule has 10 nitrogen and oxygen atoms in total. The van der Waals surface area contributed by atoms with Gasteiger partial charge in [0.2, 0.25) is 0 Å². The molecular formula is C26H32N4O6. The molecule has 0 aromatic heterocycles. The summed E-state index contributed by atoms with van der Waals surface area (Å²) in [6, 6.07) is 8.96. The van der Waals surface area contributed by atoms with Crippen molar-refractivity contribution < 1.29 is 28.6 Å². The van der Waals surface area contributed by atoms with Crippen LogP contribution in [-0.4, -0.2) is 56.9 Å². The Balaban J connectivity index is 1.50. The van der Waals surface area contributed by atoms with E-state index in [1.165, 1.54) is 13.3 Å². The third-order valence-corrected chi connectivity index (χ3v) is 5.59. The maximum Gasteiger partial charge on any atom is 0.329 e. The number of amides is 3. The minimum atomic E-state index is -0.874. The molecule has 1 heterocycles. The third kappa shape index (κ3) is 7.54. The summed E-state index contributed by atoms with van der Waals surface area (Å²) in [6.07, 6.45) is 3.12. The van der Waals surface area contributed by atoms with Gasteiger partial charge in [0, 0.05) is 18.8 Å². The number of benzene rings is 2. The minimum Gasteiger partial charge on any atom is -0.493 e. The molecule has 1 aliphatic rings. The molecule has 0 radical (unpaired) electrons. The van der Waals surface area contributed by atoms with Crippen molar-refractivity contribution in [3.8, 4) is 11.5 Å². The Morgan fingerprint density at radius 3 is 2.50 bits per heavy atom. The molecule has 3 N–H and O–H groups in total. The Kier molecular flexibility index (Phi) is 9.40. The maximum atomic E-state index is 12.4. The number of hydrogen-bond acceptors (Lipinski definition) is 7. The molecule has 1 fully saturated rings. The average Bonchev–Trinajstić information content (AvgIpc) is 3.37. The predicted octanol–water partition coefficient (Wildman–Crippen LogP) is 2.38. The Hall–Kier alpha value is -3.92. The van der Waals surface area contributed by atoms with E-state index in [9.17, 15) is 14.4 Å². The van der Waals surface area contributed by atoms with Crippen LogP contribution in [0.4, 0.5) is 5.69 Å². The summed E-state index contributed by atoms with van der Waals surface area (Å²) in [4.78, 5) is 36.2. The van der Waals surface area contributed by atoms with Crippen LogP contribution in [0.1, 0.15) is 35.1 Å². The highest BCUT2D eigenvalue weighted by molar-refractivity contribution is 6.35. The van der Waals surface area contributed by atoms with Crippen molar-refractivity contribution in [2.75, 3.05) is 32.2 Å². The van der Waals surface area contributed by atoms with Crippen LogP contribution in [0, 0.1) is 20.8 Å². The van der Waals surface area contributed by atoms with Gasteiger partial charge in [0.15, 0.2) is 18.1 Å². The number of anilines is 1. The highest BCUT2D eigenvalue weighted by Crippen LogP contribution is 2.28. The third-order valence-electron chi connectivity index (χ3n) is 5.59. The molecule has 0 unspecified atom stereocenters. The molecule has 1 atom stereocenters. The highest BCUT2D eigenvalue weighted by Gasteiger charge is 2.19. The number of nitrogens with zero attached hydrogens (tertiary/aromatic N) is 1. The second-order valence-electron chi connectivity index (χ2n) is 8.57. The van der Waals surface area contributed by atoms with Gasteiger partial charge in [-0.2, -0.15) is 5.10 Å². The number of ether oxygens (including phenoxy) is 3. The first-order chi connectivity index (χ1) is 17.3. The summed E-state index contributed by atoms with van der Waals surface area (Å²) < 4.78 is 16.4. The molecule has 0 bridgehead atoms. The summed E-state index contributed by atoms with van der Waals surface area (Å²) in [7, 11) is 1.47. The van der Waals surface area contributed by atoms with Crippen LogP contribution in [0.5, 0.6) is 11.5 Å². The van der Waals surface area contributed by atoms with E-state index in [-0.39, 0.29) is 25.2 Å². The highest BCUT2D eigenvalue weighted by atomic mass is 16.5. The normalized spacial score (nSPS) is 14.9. The van der Waals surface area contributed by atoms with E-state index in [4.69, 9.17) is 14.2 Å². The van der Waals surface area contributed by atoms with Crippen LogP contribution in [0.25, 0.3) is 0 Å². The second-order valence-corrected chi connectivity index (χ2v) is 8.57. The van der Waals surface area contributed by atoms with Crippen molar-refractivity contribution in [2.24, 2.45) is 5.10 Å². The molecule has 0 aliphatic carbocycles. The molecule has 2 aromatic rings. The smallest absolute Gasteiger partial charge is 0.329 e. The van der Waals surface area contributed by atoms with Crippen LogP contribution < -0.4 is 25.5 Å². The molecule has 0 spiro atoms. The van der Waals surface area contributed by atoms with Crippen LogP contribution in [0.3, 0.4) is 0 Å². The molecule has 36 heavy (non-hydrogen) atoms. The standard InChI is InChI=1S/C26H32N4O6/c1-16-10-17(2)24(18(3)11-16)29-23(31)15-36-21-8-7-19(12-22(21)34-4)13-28-30-26(33)25(32)27-14-20-6-5-9-35-20/h7-8,10-13,20H,5-6,9,14-15H2,1-4H3,(H,27,32)(H,29,31)(H,30,33)/b28-13-/t20-/m0/s1. The first-order valence-corrected chi connectivity index (χ1v) is 11.7. The SMILES string of the molecule is COc1cc(/C=N\NC(=O)C(=O)NC[C@@H]2CCCO2)ccc1OCC(=O)Nc1c(C)cc(C)cc1C. The number of hydrogen-bond donors (Lipinski definition) is 3. The van der Waals surface area contributed by atoms with Crippen molar-refractivity contribution in [1.82, 2.24) is 10.7 Å². The maximum absolute atomic E-state index is 12.4. The monoisotopic (exact) mass is 496 g/mol. The number of nitrogens with one attached hydrogen (secondary N) is 3. The lowest BCUT2D eigenvalue weighted by atomic mass is 10.1. The van der Waals surface area contributed by atoms with E-state index in [1.54, 1.807) is 18.2 Å². The van der Waals surface area contributed by atoms with Crippen molar-refractivity contribution in [2.45, 2.75) is 39.7 Å². The Bertz CT molecular complexity index is 1120. The van der Waals surface area contributed by atoms with Crippen molar-refractivity contribution in [3.63, 3.8) is 0 Å². The van der Waals surface area contributed by atoms with Gasteiger partial charge >= 0.3 is 11.8 Å². The van der Waals surface area contributed by atoms with Gasteiger partial charge in [-0.3, -0.25) is 14.4 Å². The van der Waals surface area contributed by atoms with E-state index in [2.05, 4.69) is 21.2 Å². The number of carbonyl (C=O) groups excluding carboxylic acids is 3. The zero-order chi connectivity index (χ0) is 26.1. The number of carbonyl (C=O) groups is 3. The predicted molar refractivity (Wildman–Crippen MR) is 135 cm³/mol. The number of methoxy groups -OCH3 is 1. The molecule has 192 valence electrons. The largest absolute Gasteiger partial charge is 0.493 e. The first-order valence-electron chi connectivity index (χ1n) is 11.7. The van der Waals surface area contributed by atoms with Crippen LogP contribution in [0.2, 0.25) is 0 Å². The van der Waals surface area contributed by atoms with Gasteiger partial charge in [-0.15, -0.1) is 0 Å². The molecule has 3 rings (SSSR count). The van der Waals surface area contributed by atoms with Gasteiger partial charge in [0.25, 0.3) is 5.91 Å². The Morgan fingerprint density at radius 1 is 1.08 bits per heavy atom. The average molecular weight is 497 g/mol. The first kappa shape index (κ1) is 26.7. The second kappa shape index (κ2) is 12.7. The van der Waals surface area contributed by atoms with Gasteiger partial charge in [0.05, 0.1) is 19.4 Å².